The van der Waals surface area contributed by atoms with Gasteiger partial charge in [-0.05, 0) is 67.1 Å². The number of carboxylic acid groups (broad SMARTS) is 1. The molecule has 4 rings (SSSR count). The highest BCUT2D eigenvalue weighted by atomic mass is 16.4. The van der Waals surface area contributed by atoms with Crippen molar-refractivity contribution in [1.82, 2.24) is 0 Å². The Balaban J connectivity index is 1.70. The van der Waals surface area contributed by atoms with Crippen LogP contribution in [0.15, 0.2) is 12.2 Å². The van der Waals surface area contributed by atoms with Gasteiger partial charge in [-0.15, -0.1) is 0 Å². The van der Waals surface area contributed by atoms with Gasteiger partial charge >= 0.3 is 5.97 Å². The Morgan fingerprint density at radius 1 is 0.958 bits per heavy atom. The van der Waals surface area contributed by atoms with Crippen molar-refractivity contribution in [3.63, 3.8) is 0 Å². The molecule has 134 valence electrons. The SMILES string of the molecule is CC(C1CCCCC1)(C1CCCCC1)C12C=CC(C1)C(C(=O)O)C2. The molecule has 2 bridgehead atoms. The summed E-state index contributed by atoms with van der Waals surface area (Å²) in [5, 5.41) is 9.70. The maximum absolute atomic E-state index is 11.8. The molecule has 0 saturated heterocycles. The molecule has 0 spiro atoms. The maximum Gasteiger partial charge on any atom is 0.307 e. The molecule has 0 aromatic carbocycles. The van der Waals surface area contributed by atoms with Crippen molar-refractivity contribution in [3.8, 4) is 0 Å². The molecule has 3 fully saturated rings. The van der Waals surface area contributed by atoms with Crippen molar-refractivity contribution in [2.75, 3.05) is 0 Å². The molecule has 0 aromatic rings. The first kappa shape index (κ1) is 16.7. The summed E-state index contributed by atoms with van der Waals surface area (Å²) in [5.74, 6) is 1.24. The summed E-state index contributed by atoms with van der Waals surface area (Å²) in [4.78, 5) is 11.8. The molecule has 3 atom stereocenters. The summed E-state index contributed by atoms with van der Waals surface area (Å²) in [6.07, 6.45) is 20.7. The van der Waals surface area contributed by atoms with Gasteiger partial charge in [0.15, 0.2) is 0 Å². The highest BCUT2D eigenvalue weighted by molar-refractivity contribution is 5.72. The third-order valence-electron chi connectivity index (χ3n) is 8.66. The van der Waals surface area contributed by atoms with E-state index in [0.29, 0.717) is 11.3 Å². The minimum Gasteiger partial charge on any atom is -0.481 e. The number of allylic oxidation sites excluding steroid dienone is 2. The fourth-order valence-electron chi connectivity index (χ4n) is 7.28. The van der Waals surface area contributed by atoms with Crippen LogP contribution in [0.2, 0.25) is 0 Å². The second kappa shape index (κ2) is 6.18. The standard InChI is InChI=1S/C22H34O2/c1-21(17-8-4-2-5-9-17,18-10-6-3-7-11-18)22-13-12-16(14-22)19(15-22)20(23)24/h12-13,16-19H,2-11,14-15H2,1H3,(H,23,24). The second-order valence-electron chi connectivity index (χ2n) is 9.48. The predicted molar refractivity (Wildman–Crippen MR) is 96.7 cm³/mol. The van der Waals surface area contributed by atoms with Crippen LogP contribution in [0.1, 0.15) is 84.0 Å². The molecule has 2 nitrogen and oxygen atoms in total. The zero-order valence-corrected chi connectivity index (χ0v) is 15.3. The molecule has 2 heteroatoms. The van der Waals surface area contributed by atoms with Gasteiger partial charge in [0.2, 0.25) is 0 Å². The van der Waals surface area contributed by atoms with E-state index in [9.17, 15) is 9.90 Å². The van der Waals surface area contributed by atoms with Gasteiger partial charge in [-0.3, -0.25) is 4.79 Å². The molecule has 0 aliphatic heterocycles. The average molecular weight is 331 g/mol. The topological polar surface area (TPSA) is 37.3 Å². The minimum absolute atomic E-state index is 0.124. The number of rotatable bonds is 4. The smallest absolute Gasteiger partial charge is 0.307 e. The number of hydrogen-bond acceptors (Lipinski definition) is 1. The molecule has 3 unspecified atom stereocenters. The summed E-state index contributed by atoms with van der Waals surface area (Å²) in [6.45, 7) is 2.59. The van der Waals surface area contributed by atoms with E-state index in [1.165, 1.54) is 64.2 Å². The molecule has 4 aliphatic rings. The Morgan fingerprint density at radius 2 is 1.50 bits per heavy atom. The summed E-state index contributed by atoms with van der Waals surface area (Å²) in [7, 11) is 0. The number of hydrogen-bond donors (Lipinski definition) is 1. The van der Waals surface area contributed by atoms with Gasteiger partial charge in [0.1, 0.15) is 0 Å². The number of carboxylic acids is 1. The number of carbonyl (C=O) groups is 1. The van der Waals surface area contributed by atoms with Crippen LogP contribution < -0.4 is 0 Å². The Kier molecular flexibility index (Phi) is 4.29. The van der Waals surface area contributed by atoms with E-state index in [1.54, 1.807) is 0 Å². The van der Waals surface area contributed by atoms with Crippen LogP contribution in [0.4, 0.5) is 0 Å². The maximum atomic E-state index is 11.8. The first-order valence-corrected chi connectivity index (χ1v) is 10.5. The van der Waals surface area contributed by atoms with Crippen molar-refractivity contribution in [1.29, 1.82) is 0 Å². The van der Waals surface area contributed by atoms with Gasteiger partial charge in [0.25, 0.3) is 0 Å². The zero-order valence-electron chi connectivity index (χ0n) is 15.3. The van der Waals surface area contributed by atoms with Gasteiger partial charge in [-0.25, -0.2) is 0 Å². The van der Waals surface area contributed by atoms with Gasteiger partial charge in [0.05, 0.1) is 5.92 Å². The highest BCUT2D eigenvalue weighted by Crippen LogP contribution is 2.68. The van der Waals surface area contributed by atoms with E-state index in [1.807, 2.05) is 0 Å². The number of fused-ring (bicyclic) bond motifs is 2. The monoisotopic (exact) mass is 330 g/mol. The highest BCUT2D eigenvalue weighted by Gasteiger charge is 2.62. The normalized spacial score (nSPS) is 37.9. The van der Waals surface area contributed by atoms with Crippen LogP contribution in [-0.4, -0.2) is 11.1 Å². The quantitative estimate of drug-likeness (QED) is 0.659. The lowest BCUT2D eigenvalue weighted by Crippen LogP contribution is -2.49. The van der Waals surface area contributed by atoms with E-state index in [0.717, 1.165) is 24.7 Å². The van der Waals surface area contributed by atoms with Crippen molar-refractivity contribution >= 4 is 5.97 Å². The molecular formula is C22H34O2. The van der Waals surface area contributed by atoms with Gasteiger partial charge in [-0.2, -0.15) is 0 Å². The first-order chi connectivity index (χ1) is 11.6. The van der Waals surface area contributed by atoms with Crippen LogP contribution in [0.25, 0.3) is 0 Å². The fraction of sp³-hybridized carbons (Fsp3) is 0.864. The summed E-state index contributed by atoms with van der Waals surface area (Å²) < 4.78 is 0. The largest absolute Gasteiger partial charge is 0.481 e. The van der Waals surface area contributed by atoms with Crippen LogP contribution in [0.5, 0.6) is 0 Å². The lowest BCUT2D eigenvalue weighted by atomic mass is 9.48. The van der Waals surface area contributed by atoms with Crippen LogP contribution in [-0.2, 0) is 4.79 Å². The van der Waals surface area contributed by atoms with E-state index < -0.39 is 5.97 Å². The Hall–Kier alpha value is -0.790. The number of aliphatic carboxylic acids is 1. The van der Waals surface area contributed by atoms with Crippen molar-refractivity contribution in [2.24, 2.45) is 34.5 Å². The molecular weight excluding hydrogens is 296 g/mol. The predicted octanol–water partition coefficient (Wildman–Crippen LogP) is 5.82. The van der Waals surface area contributed by atoms with Gasteiger partial charge in [0, 0.05) is 0 Å². The summed E-state index contributed by atoms with van der Waals surface area (Å²) in [6, 6.07) is 0. The molecule has 24 heavy (non-hydrogen) atoms. The lowest BCUT2D eigenvalue weighted by Gasteiger charge is -2.56. The molecule has 4 aliphatic carbocycles. The van der Waals surface area contributed by atoms with E-state index in [-0.39, 0.29) is 11.3 Å². The molecule has 0 aromatic heterocycles. The Morgan fingerprint density at radius 3 is 1.96 bits per heavy atom. The van der Waals surface area contributed by atoms with E-state index >= 15 is 0 Å². The van der Waals surface area contributed by atoms with Crippen LogP contribution >= 0.6 is 0 Å². The minimum atomic E-state index is -0.555. The second-order valence-corrected chi connectivity index (χ2v) is 9.48. The van der Waals surface area contributed by atoms with Crippen LogP contribution in [0, 0.1) is 34.5 Å². The van der Waals surface area contributed by atoms with Gasteiger partial charge < -0.3 is 5.11 Å². The van der Waals surface area contributed by atoms with E-state index in [2.05, 4.69) is 19.1 Å². The molecule has 0 amide bonds. The van der Waals surface area contributed by atoms with Crippen molar-refractivity contribution in [2.45, 2.75) is 84.0 Å². The third-order valence-corrected chi connectivity index (χ3v) is 8.66. The molecule has 0 radical (unpaired) electrons. The zero-order chi connectivity index (χ0) is 16.8. The third kappa shape index (κ3) is 2.39. The molecule has 0 heterocycles. The van der Waals surface area contributed by atoms with Crippen molar-refractivity contribution in [3.05, 3.63) is 12.2 Å². The first-order valence-electron chi connectivity index (χ1n) is 10.5. The van der Waals surface area contributed by atoms with E-state index in [4.69, 9.17) is 0 Å². The van der Waals surface area contributed by atoms with Crippen LogP contribution in [0.3, 0.4) is 0 Å². The molecule has 3 saturated carbocycles. The Bertz CT molecular complexity index is 492. The molecule has 1 N–H and O–H groups in total. The average Bonchev–Trinajstić information content (AvgIpc) is 3.23. The van der Waals surface area contributed by atoms with Crippen molar-refractivity contribution < 1.29 is 9.90 Å². The van der Waals surface area contributed by atoms with Gasteiger partial charge in [-0.1, -0.05) is 57.6 Å². The summed E-state index contributed by atoms with van der Waals surface area (Å²) >= 11 is 0. The Labute approximate surface area is 147 Å². The summed E-state index contributed by atoms with van der Waals surface area (Å²) in [5.41, 5.74) is 0.494. The lowest BCUT2D eigenvalue weighted by molar-refractivity contribution is -0.143. The fourth-order valence-corrected chi connectivity index (χ4v) is 7.28.